The lowest BCUT2D eigenvalue weighted by atomic mass is 10.0. The highest BCUT2D eigenvalue weighted by Gasteiger charge is 2.19. The Morgan fingerprint density at radius 2 is 1.68 bits per heavy atom. The van der Waals surface area contributed by atoms with Gasteiger partial charge in [0.1, 0.15) is 0 Å². The number of anilines is 1. The molecule has 5 nitrogen and oxygen atoms in total. The van der Waals surface area contributed by atoms with E-state index < -0.39 is 9.84 Å². The Labute approximate surface area is 189 Å². The highest BCUT2D eigenvalue weighted by molar-refractivity contribution is 7.91. The second kappa shape index (κ2) is 9.98. The molecular formula is C24H28ClN3O2S. The summed E-state index contributed by atoms with van der Waals surface area (Å²) in [4.78, 5) is 6.86. The molecule has 31 heavy (non-hydrogen) atoms. The van der Waals surface area contributed by atoms with Gasteiger partial charge < -0.3 is 10.2 Å². The number of pyridine rings is 1. The van der Waals surface area contributed by atoms with E-state index in [0.29, 0.717) is 22.4 Å². The molecule has 0 unspecified atom stereocenters. The maximum absolute atomic E-state index is 12.7. The number of nitrogens with one attached hydrogen (secondary N) is 1. The average Bonchev–Trinajstić information content (AvgIpc) is 2.79. The molecule has 1 aromatic heterocycles. The number of aromatic nitrogens is 1. The molecule has 1 N–H and O–H groups in total. The van der Waals surface area contributed by atoms with Gasteiger partial charge in [-0.2, -0.15) is 0 Å². The van der Waals surface area contributed by atoms with E-state index in [9.17, 15) is 8.42 Å². The van der Waals surface area contributed by atoms with Crippen molar-refractivity contribution < 1.29 is 8.42 Å². The molecule has 7 heteroatoms. The van der Waals surface area contributed by atoms with Gasteiger partial charge in [0.05, 0.1) is 10.6 Å². The molecule has 0 saturated carbocycles. The summed E-state index contributed by atoms with van der Waals surface area (Å²) in [6.07, 6.45) is 7.38. The summed E-state index contributed by atoms with van der Waals surface area (Å²) in [7, 11) is -3.28. The third-order valence-electron chi connectivity index (χ3n) is 5.93. The Morgan fingerprint density at radius 3 is 2.45 bits per heavy atom. The van der Waals surface area contributed by atoms with Crippen molar-refractivity contribution in [2.75, 3.05) is 30.3 Å². The number of unbranched alkanes of at least 4 members (excludes halogenated alkanes) is 1. The minimum absolute atomic E-state index is 0.175. The Morgan fingerprint density at radius 1 is 0.968 bits per heavy atom. The number of benzene rings is 2. The predicted molar refractivity (Wildman–Crippen MR) is 128 cm³/mol. The number of rotatable bonds is 8. The van der Waals surface area contributed by atoms with Crippen LogP contribution in [0.15, 0.2) is 65.8 Å². The van der Waals surface area contributed by atoms with Crippen LogP contribution < -0.4 is 10.2 Å². The summed E-state index contributed by atoms with van der Waals surface area (Å²) in [5, 5.41) is 6.10. The van der Waals surface area contributed by atoms with E-state index in [4.69, 9.17) is 11.6 Å². The number of nitrogens with zero attached hydrogens (tertiary/aromatic N) is 2. The van der Waals surface area contributed by atoms with Gasteiger partial charge in [-0.25, -0.2) is 8.42 Å². The fraction of sp³-hybridized carbons (Fsp3) is 0.375. The van der Waals surface area contributed by atoms with Crippen molar-refractivity contribution in [2.45, 2.75) is 36.6 Å². The van der Waals surface area contributed by atoms with Crippen molar-refractivity contribution in [3.63, 3.8) is 0 Å². The van der Waals surface area contributed by atoms with Gasteiger partial charge in [0.15, 0.2) is 9.84 Å². The van der Waals surface area contributed by atoms with Crippen molar-refractivity contribution in [1.82, 2.24) is 10.3 Å². The number of hydrogen-bond donors (Lipinski definition) is 1. The first-order chi connectivity index (χ1) is 15.0. The van der Waals surface area contributed by atoms with E-state index in [1.165, 1.54) is 5.69 Å². The third-order valence-corrected chi connectivity index (χ3v) is 7.96. The molecule has 1 aliphatic heterocycles. The molecule has 3 aromatic rings. The zero-order valence-corrected chi connectivity index (χ0v) is 19.1. The van der Waals surface area contributed by atoms with E-state index in [0.717, 1.165) is 49.7 Å². The molecule has 0 atom stereocenters. The molecule has 0 spiro atoms. The van der Waals surface area contributed by atoms with Crippen LogP contribution in [-0.4, -0.2) is 44.8 Å². The number of sulfone groups is 1. The van der Waals surface area contributed by atoms with Crippen LogP contribution in [0.5, 0.6) is 0 Å². The molecule has 0 aliphatic carbocycles. The maximum Gasteiger partial charge on any atom is 0.178 e. The minimum Gasteiger partial charge on any atom is -0.371 e. The molecule has 2 heterocycles. The molecule has 0 radical (unpaired) electrons. The van der Waals surface area contributed by atoms with Crippen LogP contribution in [0.4, 0.5) is 5.69 Å². The van der Waals surface area contributed by atoms with Gasteiger partial charge in [0.2, 0.25) is 0 Å². The van der Waals surface area contributed by atoms with Gasteiger partial charge in [-0.1, -0.05) is 23.7 Å². The third kappa shape index (κ3) is 5.76. The van der Waals surface area contributed by atoms with Crippen molar-refractivity contribution in [2.24, 2.45) is 0 Å². The Bertz CT molecular complexity index is 1110. The zero-order chi connectivity index (χ0) is 21.7. The Balaban J connectivity index is 1.20. The maximum atomic E-state index is 12.7. The van der Waals surface area contributed by atoms with Crippen LogP contribution in [0.3, 0.4) is 0 Å². The van der Waals surface area contributed by atoms with Crippen LogP contribution in [-0.2, 0) is 9.84 Å². The van der Waals surface area contributed by atoms with Gasteiger partial charge in [-0.3, -0.25) is 4.98 Å². The molecule has 1 aliphatic rings. The van der Waals surface area contributed by atoms with Crippen LogP contribution in [0.25, 0.3) is 10.8 Å². The van der Waals surface area contributed by atoms with Crippen LogP contribution in [0.2, 0.25) is 5.02 Å². The second-order valence-corrected chi connectivity index (χ2v) is 10.6. The number of piperidine rings is 1. The second-order valence-electron chi connectivity index (χ2n) is 8.10. The monoisotopic (exact) mass is 457 g/mol. The van der Waals surface area contributed by atoms with Gasteiger partial charge in [0, 0.05) is 42.2 Å². The standard InChI is InChI=1S/C24H28ClN3O2S/c25-21-5-3-20-18-24(6-4-19(20)17-21)31(29,30)16-2-1-11-27-22-9-14-28(15-10-22)23-7-12-26-13-8-23/h3-8,12-13,17-18,22,27H,1-2,9-11,14-16H2. The minimum atomic E-state index is -3.28. The number of hydrogen-bond acceptors (Lipinski definition) is 5. The van der Waals surface area contributed by atoms with Crippen molar-refractivity contribution in [1.29, 1.82) is 0 Å². The molecule has 0 amide bonds. The Kier molecular flexibility index (Phi) is 7.10. The molecule has 1 saturated heterocycles. The zero-order valence-electron chi connectivity index (χ0n) is 17.5. The summed E-state index contributed by atoms with van der Waals surface area (Å²) in [5.41, 5.74) is 1.23. The summed E-state index contributed by atoms with van der Waals surface area (Å²) in [5.74, 6) is 0.175. The van der Waals surface area contributed by atoms with Crippen LogP contribution >= 0.6 is 11.6 Å². The van der Waals surface area contributed by atoms with Crippen molar-refractivity contribution in [3.05, 3.63) is 65.9 Å². The molecule has 164 valence electrons. The lowest BCUT2D eigenvalue weighted by Crippen LogP contribution is -2.42. The van der Waals surface area contributed by atoms with E-state index in [2.05, 4.69) is 27.3 Å². The van der Waals surface area contributed by atoms with Gasteiger partial charge in [-0.05, 0) is 79.4 Å². The summed E-state index contributed by atoms with van der Waals surface area (Å²) >= 11 is 6.01. The van der Waals surface area contributed by atoms with Crippen molar-refractivity contribution >= 4 is 37.9 Å². The normalized spacial score (nSPS) is 15.5. The summed E-state index contributed by atoms with van der Waals surface area (Å²) < 4.78 is 25.4. The molecular weight excluding hydrogens is 430 g/mol. The first-order valence-electron chi connectivity index (χ1n) is 10.8. The average molecular weight is 458 g/mol. The van der Waals surface area contributed by atoms with Gasteiger partial charge >= 0.3 is 0 Å². The first-order valence-corrected chi connectivity index (χ1v) is 12.8. The molecule has 1 fully saturated rings. The van der Waals surface area contributed by atoms with Gasteiger partial charge in [0.25, 0.3) is 0 Å². The first kappa shape index (κ1) is 22.1. The number of fused-ring (bicyclic) bond motifs is 1. The quantitative estimate of drug-likeness (QED) is 0.497. The smallest absolute Gasteiger partial charge is 0.178 e. The van der Waals surface area contributed by atoms with E-state index in [-0.39, 0.29) is 5.75 Å². The fourth-order valence-corrected chi connectivity index (χ4v) is 5.71. The van der Waals surface area contributed by atoms with Gasteiger partial charge in [-0.15, -0.1) is 0 Å². The van der Waals surface area contributed by atoms with E-state index in [1.54, 1.807) is 18.2 Å². The highest BCUT2D eigenvalue weighted by atomic mass is 35.5. The summed E-state index contributed by atoms with van der Waals surface area (Å²) in [6, 6.07) is 15.4. The SMILES string of the molecule is O=S(=O)(CCCCNC1CCN(c2ccncc2)CC1)c1ccc2cc(Cl)ccc2c1. The molecule has 4 rings (SSSR count). The van der Waals surface area contributed by atoms with E-state index in [1.807, 2.05) is 30.6 Å². The lowest BCUT2D eigenvalue weighted by Gasteiger charge is -2.34. The van der Waals surface area contributed by atoms with Crippen molar-refractivity contribution in [3.8, 4) is 0 Å². The predicted octanol–water partition coefficient (Wildman–Crippen LogP) is 4.70. The highest BCUT2D eigenvalue weighted by Crippen LogP contribution is 2.24. The number of halogens is 1. The van der Waals surface area contributed by atoms with Crippen LogP contribution in [0.1, 0.15) is 25.7 Å². The molecule has 0 bridgehead atoms. The Hall–Kier alpha value is -2.15. The van der Waals surface area contributed by atoms with Crippen LogP contribution in [0, 0.1) is 0 Å². The largest absolute Gasteiger partial charge is 0.371 e. The lowest BCUT2D eigenvalue weighted by molar-refractivity contribution is 0.412. The topological polar surface area (TPSA) is 62.3 Å². The summed E-state index contributed by atoms with van der Waals surface area (Å²) in [6.45, 7) is 2.91. The fourth-order valence-electron chi connectivity index (χ4n) is 4.13. The van der Waals surface area contributed by atoms with E-state index >= 15 is 0 Å². The molecule has 2 aromatic carbocycles.